The number of amides is 3. The van der Waals surface area contributed by atoms with Gasteiger partial charge >= 0.3 is 6.09 Å². The van der Waals surface area contributed by atoms with Crippen molar-refractivity contribution in [3.05, 3.63) is 28.7 Å². The second-order valence-corrected chi connectivity index (χ2v) is 7.46. The van der Waals surface area contributed by atoms with Crippen LogP contribution < -0.4 is 26.7 Å². The second kappa shape index (κ2) is 8.89. The molecule has 0 aromatic carbocycles. The number of hydrogen-bond donors (Lipinski definition) is 3. The second-order valence-electron chi connectivity index (χ2n) is 7.46. The Kier molecular flexibility index (Phi) is 6.30. The van der Waals surface area contributed by atoms with Gasteiger partial charge in [0, 0.05) is 18.7 Å². The summed E-state index contributed by atoms with van der Waals surface area (Å²) in [5.74, 6) is -0.932. The third-order valence-corrected chi connectivity index (χ3v) is 5.24. The zero-order valence-corrected chi connectivity index (χ0v) is 15.8. The Bertz CT molecular complexity index is 863. The molecule has 3 amide bonds. The van der Waals surface area contributed by atoms with Gasteiger partial charge in [-0.3, -0.25) is 19.0 Å². The number of rotatable bonds is 9. The number of carbonyl (C=O) groups excluding carboxylic acids is 4. The number of ether oxygens (including phenoxy) is 1. The van der Waals surface area contributed by atoms with Crippen molar-refractivity contribution in [2.24, 2.45) is 17.6 Å². The van der Waals surface area contributed by atoms with E-state index in [1.165, 1.54) is 22.9 Å². The minimum atomic E-state index is -1.13. The highest BCUT2D eigenvalue weighted by molar-refractivity contribution is 5.84. The lowest BCUT2D eigenvalue weighted by atomic mass is 9.98. The lowest BCUT2D eigenvalue weighted by Gasteiger charge is -2.23. The molecule has 0 unspecified atom stereocenters. The van der Waals surface area contributed by atoms with E-state index >= 15 is 0 Å². The molecule has 1 saturated heterocycles. The predicted octanol–water partition coefficient (Wildman–Crippen LogP) is -0.143. The number of nitrogens with two attached hydrogens (primary N) is 1. The monoisotopic (exact) mass is 404 g/mol. The molecule has 1 saturated carbocycles. The lowest BCUT2D eigenvalue weighted by Crippen LogP contribution is -2.44. The molecular formula is C19H24N4O6. The third-order valence-electron chi connectivity index (χ3n) is 5.24. The van der Waals surface area contributed by atoms with E-state index in [9.17, 15) is 24.0 Å². The minimum absolute atomic E-state index is 0.131. The minimum Gasteiger partial charge on any atom is -0.405 e. The average Bonchev–Trinajstić information content (AvgIpc) is 3.42. The molecule has 4 N–H and O–H groups in total. The van der Waals surface area contributed by atoms with E-state index in [2.05, 4.69) is 10.6 Å². The molecule has 10 nitrogen and oxygen atoms in total. The molecule has 3 atom stereocenters. The zero-order chi connectivity index (χ0) is 21.0. The number of aromatic nitrogens is 1. The van der Waals surface area contributed by atoms with E-state index < -0.39 is 29.6 Å². The fraction of sp³-hybridized carbons (Fsp3) is 0.526. The van der Waals surface area contributed by atoms with Crippen molar-refractivity contribution in [1.29, 1.82) is 0 Å². The maximum absolute atomic E-state index is 13.0. The van der Waals surface area contributed by atoms with E-state index in [1.807, 2.05) is 0 Å². The smallest absolute Gasteiger partial charge is 0.405 e. The third kappa shape index (κ3) is 5.21. The molecule has 0 bridgehead atoms. The highest BCUT2D eigenvalue weighted by Crippen LogP contribution is 2.36. The van der Waals surface area contributed by atoms with Gasteiger partial charge in [0.15, 0.2) is 5.75 Å². The predicted molar refractivity (Wildman–Crippen MR) is 101 cm³/mol. The van der Waals surface area contributed by atoms with Crippen LogP contribution in [0.25, 0.3) is 0 Å². The average molecular weight is 404 g/mol. The van der Waals surface area contributed by atoms with Gasteiger partial charge in [0.25, 0.3) is 5.56 Å². The molecule has 2 aliphatic rings. The molecule has 1 aromatic heterocycles. The maximum Gasteiger partial charge on any atom is 0.410 e. The van der Waals surface area contributed by atoms with Crippen molar-refractivity contribution in [3.63, 3.8) is 0 Å². The summed E-state index contributed by atoms with van der Waals surface area (Å²) in [6.45, 7) is 0.551. The zero-order valence-electron chi connectivity index (χ0n) is 15.8. The summed E-state index contributed by atoms with van der Waals surface area (Å²) >= 11 is 0. The molecule has 29 heavy (non-hydrogen) atoms. The summed E-state index contributed by atoms with van der Waals surface area (Å²) < 4.78 is 5.90. The van der Waals surface area contributed by atoms with Crippen LogP contribution in [0.15, 0.2) is 23.1 Å². The van der Waals surface area contributed by atoms with Crippen molar-refractivity contribution in [2.75, 3.05) is 6.54 Å². The van der Waals surface area contributed by atoms with E-state index in [-0.39, 0.29) is 24.0 Å². The lowest BCUT2D eigenvalue weighted by molar-refractivity contribution is -0.128. The normalized spacial score (nSPS) is 20.4. The van der Waals surface area contributed by atoms with Crippen LogP contribution in [0.5, 0.6) is 5.75 Å². The topological polar surface area (TPSA) is 150 Å². The van der Waals surface area contributed by atoms with Crippen molar-refractivity contribution in [3.8, 4) is 5.75 Å². The SMILES string of the molecule is NC(=O)Oc1cccn([C@@H](CC2CC2)C(=O)N[C@H](C=O)C[C@@H]2CCNC2=O)c1=O. The van der Waals surface area contributed by atoms with Gasteiger partial charge in [0.05, 0.1) is 6.04 Å². The number of hydrogen-bond acceptors (Lipinski definition) is 6. The number of primary amides is 1. The first kappa shape index (κ1) is 20.6. The summed E-state index contributed by atoms with van der Waals surface area (Å²) in [4.78, 5) is 59.9. The Morgan fingerprint density at radius 2 is 2.07 bits per heavy atom. The van der Waals surface area contributed by atoms with Crippen molar-refractivity contribution in [2.45, 2.75) is 44.2 Å². The fourth-order valence-electron chi connectivity index (χ4n) is 3.54. The molecule has 1 aliphatic heterocycles. The first-order chi connectivity index (χ1) is 13.9. The van der Waals surface area contributed by atoms with Crippen LogP contribution in [0, 0.1) is 11.8 Å². The molecule has 2 fully saturated rings. The Labute approximate surface area is 166 Å². The van der Waals surface area contributed by atoms with Gasteiger partial charge in [-0.25, -0.2) is 4.79 Å². The van der Waals surface area contributed by atoms with Crippen LogP contribution in [0.2, 0.25) is 0 Å². The molecule has 10 heteroatoms. The summed E-state index contributed by atoms with van der Waals surface area (Å²) in [6, 6.07) is 1.07. The molecule has 156 valence electrons. The van der Waals surface area contributed by atoms with Crippen LogP contribution in [-0.4, -0.2) is 41.3 Å². The van der Waals surface area contributed by atoms with Gasteiger partial charge in [-0.2, -0.15) is 0 Å². The van der Waals surface area contributed by atoms with Gasteiger partial charge in [-0.1, -0.05) is 12.8 Å². The first-order valence-corrected chi connectivity index (χ1v) is 9.61. The number of nitrogens with one attached hydrogen (secondary N) is 2. The van der Waals surface area contributed by atoms with Gasteiger partial charge in [-0.15, -0.1) is 0 Å². The molecule has 0 radical (unpaired) electrons. The molecule has 1 aliphatic carbocycles. The molecule has 0 spiro atoms. The largest absolute Gasteiger partial charge is 0.410 e. The summed E-state index contributed by atoms with van der Waals surface area (Å²) in [5, 5.41) is 5.35. The van der Waals surface area contributed by atoms with Crippen LogP contribution in [0.1, 0.15) is 38.1 Å². The van der Waals surface area contributed by atoms with Gasteiger partial charge < -0.3 is 25.9 Å². The summed E-state index contributed by atoms with van der Waals surface area (Å²) in [6.07, 6.45) is 4.05. The Morgan fingerprint density at radius 3 is 2.66 bits per heavy atom. The van der Waals surface area contributed by atoms with Crippen LogP contribution in [0.3, 0.4) is 0 Å². The van der Waals surface area contributed by atoms with E-state index in [0.717, 1.165) is 12.8 Å². The van der Waals surface area contributed by atoms with E-state index in [1.54, 1.807) is 0 Å². The quantitative estimate of drug-likeness (QED) is 0.488. The van der Waals surface area contributed by atoms with E-state index in [0.29, 0.717) is 31.6 Å². The molecule has 3 rings (SSSR count). The van der Waals surface area contributed by atoms with Crippen molar-refractivity contribution >= 4 is 24.2 Å². The van der Waals surface area contributed by atoms with Crippen molar-refractivity contribution in [1.82, 2.24) is 15.2 Å². The number of aldehydes is 1. The Hall–Kier alpha value is -3.17. The summed E-state index contributed by atoms with van der Waals surface area (Å²) in [7, 11) is 0. The van der Waals surface area contributed by atoms with Crippen LogP contribution in [0.4, 0.5) is 4.79 Å². The Morgan fingerprint density at radius 1 is 1.31 bits per heavy atom. The van der Waals surface area contributed by atoms with Crippen LogP contribution >= 0.6 is 0 Å². The maximum atomic E-state index is 13.0. The standard InChI is InChI=1S/C19H24N4O6/c20-19(28)29-15-2-1-7-23(18(15)27)14(8-11-3-4-11)17(26)22-13(10-24)9-12-5-6-21-16(12)25/h1-2,7,10-14H,3-6,8-9H2,(H2,20,28)(H,21,25)(H,22,26)/t12-,13-,14-/m0/s1. The first-order valence-electron chi connectivity index (χ1n) is 9.61. The Balaban J connectivity index is 1.78. The number of pyridine rings is 1. The highest BCUT2D eigenvalue weighted by Gasteiger charge is 2.34. The number of nitrogens with zero attached hydrogens (tertiary/aromatic N) is 1. The van der Waals surface area contributed by atoms with Crippen LogP contribution in [-0.2, 0) is 14.4 Å². The van der Waals surface area contributed by atoms with Crippen molar-refractivity contribution < 1.29 is 23.9 Å². The van der Waals surface area contributed by atoms with Gasteiger partial charge in [0.2, 0.25) is 11.8 Å². The molecular weight excluding hydrogens is 380 g/mol. The summed E-state index contributed by atoms with van der Waals surface area (Å²) in [5.41, 5.74) is 4.32. The van der Waals surface area contributed by atoms with Gasteiger partial charge in [0.1, 0.15) is 12.3 Å². The highest BCUT2D eigenvalue weighted by atomic mass is 16.5. The molecule has 1 aromatic rings. The van der Waals surface area contributed by atoms with Gasteiger partial charge in [-0.05, 0) is 37.3 Å². The molecule has 2 heterocycles. The number of carbonyl (C=O) groups is 4. The van der Waals surface area contributed by atoms with E-state index in [4.69, 9.17) is 10.5 Å². The fourth-order valence-corrected chi connectivity index (χ4v) is 3.54.